The number of aromatic nitrogens is 2. The van der Waals surface area contributed by atoms with Crippen molar-refractivity contribution in [2.45, 2.75) is 19.4 Å². The summed E-state index contributed by atoms with van der Waals surface area (Å²) in [6.45, 7) is 2.05. The van der Waals surface area contributed by atoms with Crippen molar-refractivity contribution in [2.75, 3.05) is 0 Å². The molecule has 1 unspecified atom stereocenters. The van der Waals surface area contributed by atoms with Gasteiger partial charge in [0.1, 0.15) is 5.76 Å². The SMILES string of the molecule is CC(Cc1ccco1)n1cnc2ccc(C(=O)O)cc21. The number of fused-ring (bicyclic) bond motifs is 1. The Morgan fingerprint density at radius 3 is 3.00 bits per heavy atom. The molecule has 0 saturated carbocycles. The van der Waals surface area contributed by atoms with Gasteiger partial charge in [0.2, 0.25) is 0 Å². The molecule has 0 bridgehead atoms. The maximum atomic E-state index is 11.1. The van der Waals surface area contributed by atoms with Gasteiger partial charge in [-0.3, -0.25) is 0 Å². The molecule has 3 aromatic rings. The van der Waals surface area contributed by atoms with Crippen LogP contribution >= 0.6 is 0 Å². The predicted octanol–water partition coefficient (Wildman–Crippen LogP) is 3.13. The van der Waals surface area contributed by atoms with Gasteiger partial charge in [-0.2, -0.15) is 0 Å². The van der Waals surface area contributed by atoms with Gasteiger partial charge in [-0.1, -0.05) is 0 Å². The minimum Gasteiger partial charge on any atom is -0.478 e. The molecule has 20 heavy (non-hydrogen) atoms. The number of carboxylic acids is 1. The molecule has 0 aliphatic carbocycles. The minimum atomic E-state index is -0.932. The molecule has 0 amide bonds. The number of rotatable bonds is 4. The van der Waals surface area contributed by atoms with E-state index in [0.29, 0.717) is 0 Å². The van der Waals surface area contributed by atoms with Crippen LogP contribution in [0, 0.1) is 0 Å². The van der Waals surface area contributed by atoms with E-state index in [2.05, 4.69) is 11.9 Å². The number of furan rings is 1. The Bertz CT molecular complexity index is 744. The van der Waals surface area contributed by atoms with E-state index in [4.69, 9.17) is 9.52 Å². The number of benzene rings is 1. The van der Waals surface area contributed by atoms with Crippen LogP contribution in [-0.2, 0) is 6.42 Å². The molecule has 0 radical (unpaired) electrons. The molecule has 1 N–H and O–H groups in total. The molecule has 2 aromatic heterocycles. The molecular weight excluding hydrogens is 256 g/mol. The van der Waals surface area contributed by atoms with E-state index < -0.39 is 5.97 Å². The van der Waals surface area contributed by atoms with E-state index in [1.165, 1.54) is 0 Å². The van der Waals surface area contributed by atoms with Crippen LogP contribution in [0.4, 0.5) is 0 Å². The molecule has 3 rings (SSSR count). The molecule has 0 spiro atoms. The fourth-order valence-electron chi connectivity index (χ4n) is 2.33. The summed E-state index contributed by atoms with van der Waals surface area (Å²) in [6, 6.07) is 8.88. The van der Waals surface area contributed by atoms with Gasteiger partial charge in [0.05, 0.1) is 29.2 Å². The number of hydrogen-bond acceptors (Lipinski definition) is 3. The van der Waals surface area contributed by atoms with Gasteiger partial charge in [-0.15, -0.1) is 0 Å². The van der Waals surface area contributed by atoms with E-state index in [1.54, 1.807) is 30.8 Å². The van der Waals surface area contributed by atoms with Crippen molar-refractivity contribution in [1.82, 2.24) is 9.55 Å². The Morgan fingerprint density at radius 1 is 1.45 bits per heavy atom. The van der Waals surface area contributed by atoms with Crippen molar-refractivity contribution in [3.8, 4) is 0 Å². The van der Waals surface area contributed by atoms with E-state index >= 15 is 0 Å². The quantitative estimate of drug-likeness (QED) is 0.790. The van der Waals surface area contributed by atoms with Gasteiger partial charge in [-0.05, 0) is 37.3 Å². The Kier molecular flexibility index (Phi) is 3.02. The Morgan fingerprint density at radius 2 is 2.30 bits per heavy atom. The Hall–Kier alpha value is -2.56. The highest BCUT2D eigenvalue weighted by Gasteiger charge is 2.13. The first-order valence-corrected chi connectivity index (χ1v) is 6.37. The molecule has 1 aromatic carbocycles. The van der Waals surface area contributed by atoms with Crippen LogP contribution in [0.2, 0.25) is 0 Å². The molecule has 2 heterocycles. The number of nitrogens with zero attached hydrogens (tertiary/aromatic N) is 2. The van der Waals surface area contributed by atoms with Crippen LogP contribution < -0.4 is 0 Å². The van der Waals surface area contributed by atoms with Crippen molar-refractivity contribution in [3.63, 3.8) is 0 Å². The third kappa shape index (κ3) is 2.18. The van der Waals surface area contributed by atoms with Gasteiger partial charge in [0.25, 0.3) is 0 Å². The van der Waals surface area contributed by atoms with E-state index in [9.17, 15) is 4.79 Å². The second-order valence-corrected chi connectivity index (χ2v) is 4.79. The van der Waals surface area contributed by atoms with E-state index in [1.807, 2.05) is 16.7 Å². The van der Waals surface area contributed by atoms with Crippen molar-refractivity contribution in [3.05, 3.63) is 54.2 Å². The third-order valence-electron chi connectivity index (χ3n) is 3.37. The van der Waals surface area contributed by atoms with Crippen LogP contribution in [0.25, 0.3) is 11.0 Å². The summed E-state index contributed by atoms with van der Waals surface area (Å²) in [6.07, 6.45) is 4.12. The molecule has 5 nitrogen and oxygen atoms in total. The number of aromatic carboxylic acids is 1. The summed E-state index contributed by atoms with van der Waals surface area (Å²) in [5.41, 5.74) is 1.88. The zero-order valence-electron chi connectivity index (χ0n) is 11.0. The first-order valence-electron chi connectivity index (χ1n) is 6.37. The van der Waals surface area contributed by atoms with Gasteiger partial charge in [0, 0.05) is 12.5 Å². The van der Waals surface area contributed by atoms with Crippen molar-refractivity contribution in [1.29, 1.82) is 0 Å². The van der Waals surface area contributed by atoms with Crippen LogP contribution in [-0.4, -0.2) is 20.6 Å². The second kappa shape index (κ2) is 4.85. The zero-order valence-corrected chi connectivity index (χ0v) is 11.0. The lowest BCUT2D eigenvalue weighted by molar-refractivity contribution is 0.0697. The van der Waals surface area contributed by atoms with Gasteiger partial charge in [0.15, 0.2) is 0 Å². The van der Waals surface area contributed by atoms with Crippen LogP contribution in [0.3, 0.4) is 0 Å². The lowest BCUT2D eigenvalue weighted by atomic mass is 10.1. The first kappa shape index (κ1) is 12.5. The van der Waals surface area contributed by atoms with Crippen LogP contribution in [0.15, 0.2) is 47.3 Å². The largest absolute Gasteiger partial charge is 0.478 e. The monoisotopic (exact) mass is 270 g/mol. The highest BCUT2D eigenvalue weighted by atomic mass is 16.4. The topological polar surface area (TPSA) is 68.3 Å². The average molecular weight is 270 g/mol. The van der Waals surface area contributed by atoms with E-state index in [-0.39, 0.29) is 11.6 Å². The summed E-state index contributed by atoms with van der Waals surface area (Å²) in [5, 5.41) is 9.07. The molecule has 5 heteroatoms. The van der Waals surface area contributed by atoms with Gasteiger partial charge in [-0.25, -0.2) is 9.78 Å². The second-order valence-electron chi connectivity index (χ2n) is 4.79. The summed E-state index contributed by atoms with van der Waals surface area (Å²) < 4.78 is 7.32. The molecule has 0 aliphatic heterocycles. The maximum Gasteiger partial charge on any atom is 0.335 e. The summed E-state index contributed by atoms with van der Waals surface area (Å²) in [7, 11) is 0. The maximum absolute atomic E-state index is 11.1. The van der Waals surface area contributed by atoms with Gasteiger partial charge >= 0.3 is 5.97 Å². The van der Waals surface area contributed by atoms with Crippen LogP contribution in [0.5, 0.6) is 0 Å². The summed E-state index contributed by atoms with van der Waals surface area (Å²) >= 11 is 0. The molecule has 1 atom stereocenters. The zero-order chi connectivity index (χ0) is 14.1. The third-order valence-corrected chi connectivity index (χ3v) is 3.37. The highest BCUT2D eigenvalue weighted by molar-refractivity contribution is 5.92. The number of imidazole rings is 1. The molecular formula is C15H14N2O3. The Labute approximate surface area is 115 Å². The minimum absolute atomic E-state index is 0.134. The molecule has 0 aliphatic rings. The fraction of sp³-hybridized carbons (Fsp3) is 0.200. The highest BCUT2D eigenvalue weighted by Crippen LogP contribution is 2.22. The van der Waals surface area contributed by atoms with Gasteiger partial charge < -0.3 is 14.1 Å². The predicted molar refractivity (Wildman–Crippen MR) is 73.8 cm³/mol. The van der Waals surface area contributed by atoms with Crippen molar-refractivity contribution in [2.24, 2.45) is 0 Å². The lowest BCUT2D eigenvalue weighted by Gasteiger charge is -2.13. The average Bonchev–Trinajstić information content (AvgIpc) is 3.06. The van der Waals surface area contributed by atoms with Crippen molar-refractivity contribution < 1.29 is 14.3 Å². The smallest absolute Gasteiger partial charge is 0.335 e. The standard InChI is InChI=1S/C15H14N2O3/c1-10(7-12-3-2-6-20-12)17-9-16-13-5-4-11(15(18)19)8-14(13)17/h2-6,8-10H,7H2,1H3,(H,18,19). The molecule has 0 saturated heterocycles. The number of hydrogen-bond donors (Lipinski definition) is 1. The molecule has 102 valence electrons. The van der Waals surface area contributed by atoms with Crippen molar-refractivity contribution >= 4 is 17.0 Å². The summed E-state index contributed by atoms with van der Waals surface area (Å²) in [5.74, 6) is -0.0351. The van der Waals surface area contributed by atoms with Crippen LogP contribution in [0.1, 0.15) is 29.1 Å². The Balaban J connectivity index is 1.98. The van der Waals surface area contributed by atoms with E-state index in [0.717, 1.165) is 23.2 Å². The number of carboxylic acid groups (broad SMARTS) is 1. The summed E-state index contributed by atoms with van der Waals surface area (Å²) in [4.78, 5) is 15.4. The normalized spacial score (nSPS) is 12.7. The lowest BCUT2D eigenvalue weighted by Crippen LogP contribution is -2.07. The number of carbonyl (C=O) groups is 1. The fourth-order valence-corrected chi connectivity index (χ4v) is 2.33. The first-order chi connectivity index (χ1) is 9.65. The molecule has 0 fully saturated rings.